The molecule has 1 aliphatic rings. The lowest BCUT2D eigenvalue weighted by molar-refractivity contribution is -0.137. The number of carboxylic acids is 1. The van der Waals surface area contributed by atoms with Crippen molar-refractivity contribution in [2.45, 2.75) is 25.8 Å². The molecule has 5 nitrogen and oxygen atoms in total. The summed E-state index contributed by atoms with van der Waals surface area (Å²) < 4.78 is 0. The summed E-state index contributed by atoms with van der Waals surface area (Å²) in [5.74, 6) is -1.18. The van der Waals surface area contributed by atoms with Crippen LogP contribution in [0.15, 0.2) is 6.20 Å². The van der Waals surface area contributed by atoms with Crippen LogP contribution in [-0.2, 0) is 4.79 Å². The standard InChI is InChI=1S/C10H12N2O3S/c1-6-11-4-8(16-6)10(15)12(5-9(13)14)7-2-3-7/h4,7H,2-3,5H2,1H3,(H,13,14). The van der Waals surface area contributed by atoms with E-state index < -0.39 is 5.97 Å². The number of nitrogens with zero attached hydrogens (tertiary/aromatic N) is 2. The van der Waals surface area contributed by atoms with Gasteiger partial charge in [0.15, 0.2) is 0 Å². The monoisotopic (exact) mass is 240 g/mol. The Kier molecular flexibility index (Phi) is 2.91. The van der Waals surface area contributed by atoms with Crippen molar-refractivity contribution in [1.29, 1.82) is 0 Å². The molecule has 16 heavy (non-hydrogen) atoms. The maximum atomic E-state index is 12.0. The minimum absolute atomic E-state index is 0.103. The molecule has 1 fully saturated rings. The molecule has 1 amide bonds. The molecular weight excluding hydrogens is 228 g/mol. The highest BCUT2D eigenvalue weighted by atomic mass is 32.1. The van der Waals surface area contributed by atoms with Crippen molar-refractivity contribution in [3.63, 3.8) is 0 Å². The summed E-state index contributed by atoms with van der Waals surface area (Å²) in [5.41, 5.74) is 0. The summed E-state index contributed by atoms with van der Waals surface area (Å²) in [5, 5.41) is 9.57. The van der Waals surface area contributed by atoms with Crippen molar-refractivity contribution in [3.8, 4) is 0 Å². The smallest absolute Gasteiger partial charge is 0.323 e. The number of carboxylic acid groups (broad SMARTS) is 1. The average molecular weight is 240 g/mol. The summed E-state index contributed by atoms with van der Waals surface area (Å²) in [6, 6.07) is 0.103. The van der Waals surface area contributed by atoms with Crippen molar-refractivity contribution in [2.24, 2.45) is 0 Å². The van der Waals surface area contributed by atoms with E-state index in [1.807, 2.05) is 6.92 Å². The Balaban J connectivity index is 2.13. The maximum absolute atomic E-state index is 12.0. The molecule has 1 heterocycles. The third-order valence-electron chi connectivity index (χ3n) is 2.39. The van der Waals surface area contributed by atoms with Gasteiger partial charge in [-0.2, -0.15) is 0 Å². The molecule has 0 atom stereocenters. The number of aromatic nitrogens is 1. The molecule has 0 aliphatic heterocycles. The highest BCUT2D eigenvalue weighted by molar-refractivity contribution is 7.13. The summed E-state index contributed by atoms with van der Waals surface area (Å²) in [4.78, 5) is 28.6. The van der Waals surface area contributed by atoms with Gasteiger partial charge in [-0.1, -0.05) is 0 Å². The number of amides is 1. The van der Waals surface area contributed by atoms with Gasteiger partial charge in [0, 0.05) is 6.04 Å². The number of hydrogen-bond acceptors (Lipinski definition) is 4. The molecule has 1 aromatic rings. The first-order valence-corrected chi connectivity index (χ1v) is 5.85. The van der Waals surface area contributed by atoms with Gasteiger partial charge in [0.1, 0.15) is 11.4 Å². The van der Waals surface area contributed by atoms with Crippen LogP contribution < -0.4 is 0 Å². The molecule has 1 aliphatic carbocycles. The Hall–Kier alpha value is -1.43. The summed E-state index contributed by atoms with van der Waals surface area (Å²) in [7, 11) is 0. The van der Waals surface area contributed by atoms with E-state index in [2.05, 4.69) is 4.98 Å². The van der Waals surface area contributed by atoms with E-state index in [1.165, 1.54) is 22.4 Å². The Bertz CT molecular complexity index is 425. The third kappa shape index (κ3) is 2.38. The molecule has 0 saturated heterocycles. The SMILES string of the molecule is Cc1ncc(C(=O)N(CC(=O)O)C2CC2)s1. The Morgan fingerprint density at radius 1 is 1.62 bits per heavy atom. The molecule has 0 bridgehead atoms. The lowest BCUT2D eigenvalue weighted by atomic mass is 10.4. The van der Waals surface area contributed by atoms with Gasteiger partial charge in [-0.25, -0.2) is 4.98 Å². The van der Waals surface area contributed by atoms with Crippen molar-refractivity contribution in [2.75, 3.05) is 6.54 Å². The number of hydrogen-bond donors (Lipinski definition) is 1. The van der Waals surface area contributed by atoms with Crippen molar-refractivity contribution in [1.82, 2.24) is 9.88 Å². The zero-order valence-corrected chi connectivity index (χ0v) is 9.66. The van der Waals surface area contributed by atoms with E-state index in [9.17, 15) is 9.59 Å². The van der Waals surface area contributed by atoms with Gasteiger partial charge in [-0.15, -0.1) is 11.3 Å². The van der Waals surface area contributed by atoms with Crippen LogP contribution in [0.1, 0.15) is 27.5 Å². The number of rotatable bonds is 4. The highest BCUT2D eigenvalue weighted by Crippen LogP contribution is 2.29. The first-order chi connectivity index (χ1) is 7.58. The summed E-state index contributed by atoms with van der Waals surface area (Å²) in [6.07, 6.45) is 3.31. The molecule has 0 spiro atoms. The predicted octanol–water partition coefficient (Wildman–Crippen LogP) is 1.14. The van der Waals surface area contributed by atoms with Crippen molar-refractivity contribution >= 4 is 23.2 Å². The van der Waals surface area contributed by atoms with E-state index in [4.69, 9.17) is 5.11 Å². The average Bonchev–Trinajstić information content (AvgIpc) is 2.96. The normalized spacial score (nSPS) is 14.8. The quantitative estimate of drug-likeness (QED) is 0.856. The van der Waals surface area contributed by atoms with Crippen LogP contribution in [0.25, 0.3) is 0 Å². The Morgan fingerprint density at radius 3 is 2.75 bits per heavy atom. The molecule has 1 aromatic heterocycles. The van der Waals surface area contributed by atoms with Crippen LogP contribution in [0, 0.1) is 6.92 Å². The van der Waals surface area contributed by atoms with Gasteiger partial charge in [0.2, 0.25) is 0 Å². The highest BCUT2D eigenvalue weighted by Gasteiger charge is 2.34. The number of aryl methyl sites for hydroxylation is 1. The lowest BCUT2D eigenvalue weighted by Gasteiger charge is -2.18. The van der Waals surface area contributed by atoms with Crippen LogP contribution in [0.2, 0.25) is 0 Å². The third-order valence-corrected chi connectivity index (χ3v) is 3.29. The van der Waals surface area contributed by atoms with Crippen LogP contribution >= 0.6 is 11.3 Å². The molecule has 86 valence electrons. The second kappa shape index (κ2) is 4.21. The fraction of sp³-hybridized carbons (Fsp3) is 0.500. The van der Waals surface area contributed by atoms with E-state index in [1.54, 1.807) is 0 Å². The first-order valence-electron chi connectivity index (χ1n) is 5.03. The summed E-state index contributed by atoms with van der Waals surface area (Å²) >= 11 is 1.30. The molecule has 1 N–H and O–H groups in total. The van der Waals surface area contributed by atoms with E-state index in [0.717, 1.165) is 17.8 Å². The van der Waals surface area contributed by atoms with Crippen molar-refractivity contribution < 1.29 is 14.7 Å². The topological polar surface area (TPSA) is 70.5 Å². The number of thiazole rings is 1. The van der Waals surface area contributed by atoms with E-state index in [0.29, 0.717) is 4.88 Å². The largest absolute Gasteiger partial charge is 0.480 e. The molecule has 2 rings (SSSR count). The van der Waals surface area contributed by atoms with Crippen LogP contribution in [0.3, 0.4) is 0 Å². The number of aliphatic carboxylic acids is 1. The zero-order valence-electron chi connectivity index (χ0n) is 8.84. The van der Waals surface area contributed by atoms with Gasteiger partial charge in [-0.3, -0.25) is 9.59 Å². The van der Waals surface area contributed by atoms with Gasteiger partial charge >= 0.3 is 5.97 Å². The molecular formula is C10H12N2O3S. The van der Waals surface area contributed by atoms with Crippen molar-refractivity contribution in [3.05, 3.63) is 16.1 Å². The predicted molar refractivity (Wildman–Crippen MR) is 58.5 cm³/mol. The fourth-order valence-electron chi connectivity index (χ4n) is 1.50. The van der Waals surface area contributed by atoms with E-state index in [-0.39, 0.29) is 18.5 Å². The Labute approximate surface area is 96.7 Å². The van der Waals surface area contributed by atoms with Crippen LogP contribution in [-0.4, -0.2) is 39.5 Å². The van der Waals surface area contributed by atoms with Gasteiger partial charge in [0.25, 0.3) is 5.91 Å². The lowest BCUT2D eigenvalue weighted by Crippen LogP contribution is -2.37. The molecule has 0 unspecified atom stereocenters. The second-order valence-corrected chi connectivity index (χ2v) is 5.04. The number of carbonyl (C=O) groups is 2. The van der Waals surface area contributed by atoms with Gasteiger partial charge in [-0.05, 0) is 19.8 Å². The van der Waals surface area contributed by atoms with Crippen LogP contribution in [0.5, 0.6) is 0 Å². The van der Waals surface area contributed by atoms with Crippen LogP contribution in [0.4, 0.5) is 0 Å². The number of carbonyl (C=O) groups excluding carboxylic acids is 1. The molecule has 0 radical (unpaired) electrons. The van der Waals surface area contributed by atoms with Gasteiger partial charge < -0.3 is 10.0 Å². The Morgan fingerprint density at radius 2 is 2.31 bits per heavy atom. The minimum atomic E-state index is -0.971. The molecule has 6 heteroatoms. The van der Waals surface area contributed by atoms with Gasteiger partial charge in [0.05, 0.1) is 11.2 Å². The van der Waals surface area contributed by atoms with E-state index >= 15 is 0 Å². The minimum Gasteiger partial charge on any atom is -0.480 e. The molecule has 0 aromatic carbocycles. The first kappa shape index (κ1) is 11.1. The maximum Gasteiger partial charge on any atom is 0.323 e. The summed E-state index contributed by atoms with van der Waals surface area (Å²) in [6.45, 7) is 1.60. The molecule has 1 saturated carbocycles. The zero-order chi connectivity index (χ0) is 11.7. The fourth-order valence-corrected chi connectivity index (χ4v) is 2.23. The second-order valence-electron chi connectivity index (χ2n) is 3.80.